The minimum atomic E-state index is -0.777. The first-order valence-electron chi connectivity index (χ1n) is 9.08. The van der Waals surface area contributed by atoms with Gasteiger partial charge in [-0.2, -0.15) is 0 Å². The molecule has 9 heteroatoms. The molecule has 2 aromatic rings. The molecule has 2 atom stereocenters. The Kier molecular flexibility index (Phi) is 5.48. The highest BCUT2D eigenvalue weighted by Gasteiger charge is 2.43. The van der Waals surface area contributed by atoms with Crippen molar-refractivity contribution < 1.29 is 33.0 Å². The fourth-order valence-corrected chi connectivity index (χ4v) is 4.67. The molecule has 0 unspecified atom stereocenters. The molecule has 2 aliphatic heterocycles. The quantitative estimate of drug-likeness (QED) is 0.541. The van der Waals surface area contributed by atoms with Crippen LogP contribution in [0.2, 0.25) is 0 Å². The SMILES string of the molecule is CC(=O)N1[C@@H](C(=O)OCC(=O)c2ccc3c(c2)OCCO3)CS[C@H]1c1ccco1. The predicted molar refractivity (Wildman–Crippen MR) is 103 cm³/mol. The van der Waals surface area contributed by atoms with Gasteiger partial charge in [0.2, 0.25) is 5.91 Å². The molecule has 0 saturated carbocycles. The van der Waals surface area contributed by atoms with E-state index in [0.29, 0.717) is 41.8 Å². The standard InChI is InChI=1S/C20H19NO7S/c1-12(22)21-14(11-29-19(21)17-3-2-6-25-17)20(24)28-10-15(23)13-4-5-16-18(9-13)27-8-7-26-16/h2-6,9,14,19H,7-8,10-11H2,1H3/t14-,19+/m1/s1. The lowest BCUT2D eigenvalue weighted by atomic mass is 10.1. The Morgan fingerprint density at radius 2 is 1.97 bits per heavy atom. The number of amides is 1. The lowest BCUT2D eigenvalue weighted by Crippen LogP contribution is -2.43. The van der Waals surface area contributed by atoms with Crippen molar-refractivity contribution >= 4 is 29.4 Å². The Balaban J connectivity index is 1.40. The first-order chi connectivity index (χ1) is 14.0. The zero-order valence-electron chi connectivity index (χ0n) is 15.7. The van der Waals surface area contributed by atoms with Crippen LogP contribution < -0.4 is 9.47 Å². The van der Waals surface area contributed by atoms with Gasteiger partial charge in [0.15, 0.2) is 23.9 Å². The second-order valence-corrected chi connectivity index (χ2v) is 7.65. The number of esters is 1. The molecule has 152 valence electrons. The molecule has 1 amide bonds. The first kappa shape index (κ1) is 19.4. The summed E-state index contributed by atoms with van der Waals surface area (Å²) in [6, 6.07) is 7.54. The van der Waals surface area contributed by atoms with Crippen LogP contribution in [-0.4, -0.2) is 54.2 Å². The van der Waals surface area contributed by atoms with Crippen molar-refractivity contribution in [2.24, 2.45) is 0 Å². The van der Waals surface area contributed by atoms with Crippen molar-refractivity contribution in [2.45, 2.75) is 18.3 Å². The van der Waals surface area contributed by atoms with Crippen LogP contribution in [0, 0.1) is 0 Å². The number of carbonyl (C=O) groups is 3. The van der Waals surface area contributed by atoms with E-state index >= 15 is 0 Å². The number of Topliss-reactive ketones (excluding diaryl/α,β-unsaturated/α-hetero) is 1. The van der Waals surface area contributed by atoms with E-state index in [0.717, 1.165) is 0 Å². The lowest BCUT2D eigenvalue weighted by molar-refractivity contribution is -0.152. The Hall–Kier alpha value is -2.94. The van der Waals surface area contributed by atoms with Crippen LogP contribution in [0.1, 0.15) is 28.4 Å². The highest BCUT2D eigenvalue weighted by Crippen LogP contribution is 2.41. The second kappa shape index (κ2) is 8.20. The smallest absolute Gasteiger partial charge is 0.330 e. The minimum Gasteiger partial charge on any atom is -0.486 e. The Labute approximate surface area is 171 Å². The van der Waals surface area contributed by atoms with E-state index < -0.39 is 24.0 Å². The Bertz CT molecular complexity index is 927. The molecule has 0 N–H and O–H groups in total. The maximum Gasteiger partial charge on any atom is 0.330 e. The van der Waals surface area contributed by atoms with Gasteiger partial charge < -0.3 is 23.5 Å². The van der Waals surface area contributed by atoms with Crippen LogP contribution in [0.3, 0.4) is 0 Å². The highest BCUT2D eigenvalue weighted by atomic mass is 32.2. The number of carbonyl (C=O) groups excluding carboxylic acids is 3. The van der Waals surface area contributed by atoms with Gasteiger partial charge in [-0.05, 0) is 30.3 Å². The third-order valence-corrected chi connectivity index (χ3v) is 5.92. The van der Waals surface area contributed by atoms with Crippen molar-refractivity contribution in [3.05, 3.63) is 47.9 Å². The molecule has 0 aliphatic carbocycles. The fraction of sp³-hybridized carbons (Fsp3) is 0.350. The molecule has 4 rings (SSSR count). The van der Waals surface area contributed by atoms with Gasteiger partial charge in [0.25, 0.3) is 0 Å². The number of benzene rings is 1. The van der Waals surface area contributed by atoms with Gasteiger partial charge in [0.05, 0.1) is 6.26 Å². The molecule has 29 heavy (non-hydrogen) atoms. The third kappa shape index (κ3) is 3.95. The number of thioether (sulfide) groups is 1. The molecule has 1 saturated heterocycles. The van der Waals surface area contributed by atoms with Crippen molar-refractivity contribution in [1.82, 2.24) is 4.90 Å². The van der Waals surface area contributed by atoms with E-state index in [1.54, 1.807) is 30.3 Å². The van der Waals surface area contributed by atoms with Crippen LogP contribution >= 0.6 is 11.8 Å². The zero-order valence-corrected chi connectivity index (χ0v) is 16.5. The van der Waals surface area contributed by atoms with E-state index in [9.17, 15) is 14.4 Å². The van der Waals surface area contributed by atoms with Crippen LogP contribution in [0.15, 0.2) is 41.0 Å². The normalized spacial score (nSPS) is 20.4. The average molecular weight is 417 g/mol. The Morgan fingerprint density at radius 1 is 1.17 bits per heavy atom. The molecular weight excluding hydrogens is 398 g/mol. The summed E-state index contributed by atoms with van der Waals surface area (Å²) in [5.41, 5.74) is 0.361. The summed E-state index contributed by atoms with van der Waals surface area (Å²) in [4.78, 5) is 38.6. The maximum absolute atomic E-state index is 12.6. The van der Waals surface area contributed by atoms with Crippen LogP contribution in [0.5, 0.6) is 11.5 Å². The van der Waals surface area contributed by atoms with E-state index in [2.05, 4.69) is 0 Å². The van der Waals surface area contributed by atoms with Crippen LogP contribution in [0.25, 0.3) is 0 Å². The van der Waals surface area contributed by atoms with Gasteiger partial charge in [-0.15, -0.1) is 11.8 Å². The summed E-state index contributed by atoms with van der Waals surface area (Å²) in [6.07, 6.45) is 1.52. The zero-order chi connectivity index (χ0) is 20.4. The number of nitrogens with zero attached hydrogens (tertiary/aromatic N) is 1. The molecule has 1 aromatic carbocycles. The molecule has 1 aromatic heterocycles. The summed E-state index contributed by atoms with van der Waals surface area (Å²) in [5, 5.41) is -0.395. The largest absolute Gasteiger partial charge is 0.486 e. The summed E-state index contributed by atoms with van der Waals surface area (Å²) >= 11 is 1.41. The molecule has 2 aliphatic rings. The number of hydrogen-bond donors (Lipinski definition) is 0. The fourth-order valence-electron chi connectivity index (χ4n) is 3.26. The van der Waals surface area contributed by atoms with Crippen molar-refractivity contribution in [3.63, 3.8) is 0 Å². The van der Waals surface area contributed by atoms with Crippen LogP contribution in [-0.2, 0) is 14.3 Å². The lowest BCUT2D eigenvalue weighted by Gasteiger charge is -2.25. The highest BCUT2D eigenvalue weighted by molar-refractivity contribution is 7.99. The number of furan rings is 1. The average Bonchev–Trinajstić information content (AvgIpc) is 3.40. The minimum absolute atomic E-state index is 0.267. The molecule has 0 bridgehead atoms. The first-order valence-corrected chi connectivity index (χ1v) is 10.1. The number of rotatable bonds is 5. The van der Waals surface area contributed by atoms with Crippen molar-refractivity contribution in [1.29, 1.82) is 0 Å². The Morgan fingerprint density at radius 3 is 2.69 bits per heavy atom. The number of fused-ring (bicyclic) bond motifs is 1. The number of ether oxygens (including phenoxy) is 3. The van der Waals surface area contributed by atoms with Gasteiger partial charge in [-0.1, -0.05) is 0 Å². The molecule has 0 spiro atoms. The molecule has 8 nitrogen and oxygen atoms in total. The number of hydrogen-bond acceptors (Lipinski definition) is 8. The van der Waals surface area contributed by atoms with E-state index in [-0.39, 0.29) is 11.7 Å². The monoisotopic (exact) mass is 417 g/mol. The van der Waals surface area contributed by atoms with E-state index in [4.69, 9.17) is 18.6 Å². The van der Waals surface area contributed by atoms with Gasteiger partial charge >= 0.3 is 5.97 Å². The summed E-state index contributed by atoms with van der Waals surface area (Å²) in [5.74, 6) is 0.774. The molecule has 3 heterocycles. The van der Waals surface area contributed by atoms with Crippen molar-refractivity contribution in [2.75, 3.05) is 25.6 Å². The van der Waals surface area contributed by atoms with E-state index in [1.165, 1.54) is 29.8 Å². The third-order valence-electron chi connectivity index (χ3n) is 4.63. The summed E-state index contributed by atoms with van der Waals surface area (Å²) < 4.78 is 21.5. The predicted octanol–water partition coefficient (Wildman–Crippen LogP) is 2.44. The van der Waals surface area contributed by atoms with Gasteiger partial charge in [-0.3, -0.25) is 9.59 Å². The van der Waals surface area contributed by atoms with Gasteiger partial charge in [0, 0.05) is 18.2 Å². The van der Waals surface area contributed by atoms with E-state index in [1.807, 2.05) is 0 Å². The molecule has 0 radical (unpaired) electrons. The van der Waals surface area contributed by atoms with Gasteiger partial charge in [0.1, 0.15) is 30.4 Å². The maximum atomic E-state index is 12.6. The van der Waals surface area contributed by atoms with Crippen LogP contribution in [0.4, 0.5) is 0 Å². The second-order valence-electron chi connectivity index (χ2n) is 6.53. The summed E-state index contributed by atoms with van der Waals surface area (Å²) in [7, 11) is 0. The summed E-state index contributed by atoms with van der Waals surface area (Å²) in [6.45, 7) is 1.85. The van der Waals surface area contributed by atoms with Crippen molar-refractivity contribution in [3.8, 4) is 11.5 Å². The molecular formula is C20H19NO7S. The number of ketones is 1. The topological polar surface area (TPSA) is 95.3 Å². The van der Waals surface area contributed by atoms with Gasteiger partial charge in [-0.25, -0.2) is 4.79 Å². The molecule has 1 fully saturated rings.